The first-order chi connectivity index (χ1) is 11.2. The van der Waals surface area contributed by atoms with Crippen LogP contribution in [-0.2, 0) is 0 Å². The number of ether oxygens (including phenoxy) is 1. The van der Waals surface area contributed by atoms with E-state index < -0.39 is 0 Å². The van der Waals surface area contributed by atoms with Crippen LogP contribution in [0.1, 0.15) is 17.3 Å². The largest absolute Gasteiger partial charge is 0.494 e. The van der Waals surface area contributed by atoms with E-state index in [2.05, 4.69) is 10.3 Å². The Morgan fingerprint density at radius 2 is 2.04 bits per heavy atom. The van der Waals surface area contributed by atoms with Crippen molar-refractivity contribution in [2.45, 2.75) is 6.92 Å². The molecule has 0 unspecified atom stereocenters. The molecule has 0 saturated heterocycles. The number of nitrogens with zero attached hydrogens (tertiary/aromatic N) is 1. The van der Waals surface area contributed by atoms with Gasteiger partial charge < -0.3 is 10.1 Å². The number of carbonyl (C=O) groups excluding carboxylic acids is 1. The molecule has 0 saturated carbocycles. The predicted molar refractivity (Wildman–Crippen MR) is 95.1 cm³/mol. The maximum atomic E-state index is 12.1. The highest BCUT2D eigenvalue weighted by atomic mass is 35.5. The minimum Gasteiger partial charge on any atom is -0.494 e. The van der Waals surface area contributed by atoms with Crippen molar-refractivity contribution in [3.8, 4) is 5.75 Å². The fourth-order valence-corrected chi connectivity index (χ4v) is 3.15. The maximum absolute atomic E-state index is 12.1. The molecule has 23 heavy (non-hydrogen) atoms. The Labute approximate surface area is 143 Å². The van der Waals surface area contributed by atoms with E-state index in [1.165, 1.54) is 11.3 Å². The van der Waals surface area contributed by atoms with E-state index in [1.807, 2.05) is 25.1 Å². The minimum absolute atomic E-state index is 0.00377. The number of halogens is 1. The van der Waals surface area contributed by atoms with Gasteiger partial charge in [0.15, 0.2) is 10.9 Å². The summed E-state index contributed by atoms with van der Waals surface area (Å²) in [6.45, 7) is 2.77. The quantitative estimate of drug-likeness (QED) is 0.660. The lowest BCUT2D eigenvalue weighted by Gasteiger charge is -2.02. The van der Waals surface area contributed by atoms with Crippen molar-refractivity contribution in [2.75, 3.05) is 18.5 Å². The van der Waals surface area contributed by atoms with Gasteiger partial charge in [-0.25, -0.2) is 4.98 Å². The SMILES string of the molecule is CCOc1ccc2nc(NCC(=O)c3ccc(Cl)cc3)sc2c1. The molecular formula is C17H15ClN2O2S. The fourth-order valence-electron chi connectivity index (χ4n) is 2.13. The minimum atomic E-state index is -0.00377. The van der Waals surface area contributed by atoms with Crippen LogP contribution in [0.2, 0.25) is 5.02 Å². The van der Waals surface area contributed by atoms with Crippen LogP contribution in [0.15, 0.2) is 42.5 Å². The number of rotatable bonds is 6. The van der Waals surface area contributed by atoms with Crippen molar-refractivity contribution in [1.29, 1.82) is 0 Å². The van der Waals surface area contributed by atoms with Crippen LogP contribution in [0, 0.1) is 0 Å². The summed E-state index contributed by atoms with van der Waals surface area (Å²) in [6.07, 6.45) is 0. The molecule has 0 spiro atoms. The van der Waals surface area contributed by atoms with Crippen LogP contribution in [0.25, 0.3) is 10.2 Å². The lowest BCUT2D eigenvalue weighted by Crippen LogP contribution is -2.13. The van der Waals surface area contributed by atoms with Crippen LogP contribution < -0.4 is 10.1 Å². The molecule has 6 heteroatoms. The first-order valence-electron chi connectivity index (χ1n) is 7.21. The molecule has 3 rings (SSSR count). The molecule has 2 aromatic carbocycles. The van der Waals surface area contributed by atoms with Crippen LogP contribution in [-0.4, -0.2) is 23.9 Å². The van der Waals surface area contributed by atoms with Crippen molar-refractivity contribution < 1.29 is 9.53 Å². The van der Waals surface area contributed by atoms with E-state index in [1.54, 1.807) is 24.3 Å². The Hall–Kier alpha value is -2.11. The molecule has 1 aromatic heterocycles. The third kappa shape index (κ3) is 3.81. The van der Waals surface area contributed by atoms with Crippen molar-refractivity contribution in [2.24, 2.45) is 0 Å². The molecule has 0 atom stereocenters. The summed E-state index contributed by atoms with van der Waals surface area (Å²) < 4.78 is 6.51. The summed E-state index contributed by atoms with van der Waals surface area (Å²) in [5.74, 6) is 0.823. The average Bonchev–Trinajstić information content (AvgIpc) is 2.96. The fraction of sp³-hybridized carbons (Fsp3) is 0.176. The van der Waals surface area contributed by atoms with Crippen LogP contribution >= 0.6 is 22.9 Å². The first-order valence-corrected chi connectivity index (χ1v) is 8.41. The standard InChI is InChI=1S/C17H15ClN2O2S/c1-2-22-13-7-8-14-16(9-13)23-17(20-14)19-10-15(21)11-3-5-12(18)6-4-11/h3-9H,2,10H2,1H3,(H,19,20). The number of aromatic nitrogens is 1. The summed E-state index contributed by atoms with van der Waals surface area (Å²) in [5, 5.41) is 4.42. The van der Waals surface area contributed by atoms with Gasteiger partial charge in [-0.2, -0.15) is 0 Å². The van der Waals surface area contributed by atoms with Crippen LogP contribution in [0.4, 0.5) is 5.13 Å². The average molecular weight is 347 g/mol. The van der Waals surface area contributed by atoms with E-state index in [-0.39, 0.29) is 12.3 Å². The zero-order valence-corrected chi connectivity index (χ0v) is 14.1. The van der Waals surface area contributed by atoms with Crippen molar-refractivity contribution in [3.05, 3.63) is 53.1 Å². The highest BCUT2D eigenvalue weighted by Gasteiger charge is 2.09. The highest BCUT2D eigenvalue weighted by Crippen LogP contribution is 2.29. The number of hydrogen-bond acceptors (Lipinski definition) is 5. The van der Waals surface area contributed by atoms with Gasteiger partial charge in [0.2, 0.25) is 0 Å². The molecule has 0 aliphatic heterocycles. The van der Waals surface area contributed by atoms with Gasteiger partial charge in [-0.05, 0) is 49.4 Å². The number of carbonyl (C=O) groups is 1. The Kier molecular flexibility index (Phi) is 4.79. The molecule has 0 bridgehead atoms. The van der Waals surface area contributed by atoms with Gasteiger partial charge in [0.1, 0.15) is 5.75 Å². The molecule has 118 valence electrons. The molecule has 4 nitrogen and oxygen atoms in total. The smallest absolute Gasteiger partial charge is 0.184 e. The highest BCUT2D eigenvalue weighted by molar-refractivity contribution is 7.22. The number of benzene rings is 2. The number of ketones is 1. The van der Waals surface area contributed by atoms with Crippen LogP contribution in [0.5, 0.6) is 5.75 Å². The number of thiazole rings is 1. The summed E-state index contributed by atoms with van der Waals surface area (Å²) >= 11 is 7.33. The van der Waals surface area contributed by atoms with Gasteiger partial charge in [-0.3, -0.25) is 4.79 Å². The van der Waals surface area contributed by atoms with E-state index in [4.69, 9.17) is 16.3 Å². The van der Waals surface area contributed by atoms with Gasteiger partial charge in [-0.1, -0.05) is 22.9 Å². The van der Waals surface area contributed by atoms with E-state index in [0.717, 1.165) is 21.1 Å². The van der Waals surface area contributed by atoms with Gasteiger partial charge in [0.25, 0.3) is 0 Å². The summed E-state index contributed by atoms with van der Waals surface area (Å²) in [4.78, 5) is 16.6. The number of hydrogen-bond donors (Lipinski definition) is 1. The molecule has 0 radical (unpaired) electrons. The van der Waals surface area contributed by atoms with E-state index in [0.29, 0.717) is 17.2 Å². The number of Topliss-reactive ketones (excluding diaryl/α,β-unsaturated/α-hetero) is 1. The number of fused-ring (bicyclic) bond motifs is 1. The molecule has 1 heterocycles. The second-order valence-corrected chi connectivity index (χ2v) is 6.33. The van der Waals surface area contributed by atoms with E-state index in [9.17, 15) is 4.79 Å². The van der Waals surface area contributed by atoms with Gasteiger partial charge >= 0.3 is 0 Å². The summed E-state index contributed by atoms with van der Waals surface area (Å²) in [7, 11) is 0. The second kappa shape index (κ2) is 6.98. The second-order valence-electron chi connectivity index (χ2n) is 4.87. The zero-order chi connectivity index (χ0) is 16.2. The maximum Gasteiger partial charge on any atom is 0.184 e. The zero-order valence-electron chi connectivity index (χ0n) is 12.5. The molecule has 0 aliphatic carbocycles. The number of anilines is 1. The molecule has 1 N–H and O–H groups in total. The summed E-state index contributed by atoms with van der Waals surface area (Å²) in [6, 6.07) is 12.6. The van der Waals surface area contributed by atoms with E-state index >= 15 is 0 Å². The Morgan fingerprint density at radius 1 is 1.26 bits per heavy atom. The first kappa shape index (κ1) is 15.8. The predicted octanol–water partition coefficient (Wildman–Crippen LogP) is 4.64. The molecule has 3 aromatic rings. The van der Waals surface area contributed by atoms with Gasteiger partial charge in [0, 0.05) is 10.6 Å². The Morgan fingerprint density at radius 3 is 2.78 bits per heavy atom. The molecule has 0 amide bonds. The monoisotopic (exact) mass is 346 g/mol. The van der Waals surface area contributed by atoms with Gasteiger partial charge in [-0.15, -0.1) is 0 Å². The Bertz CT molecular complexity index is 830. The lowest BCUT2D eigenvalue weighted by molar-refractivity contribution is 0.101. The lowest BCUT2D eigenvalue weighted by atomic mass is 10.1. The van der Waals surface area contributed by atoms with Crippen molar-refractivity contribution in [1.82, 2.24) is 4.98 Å². The van der Waals surface area contributed by atoms with Crippen molar-refractivity contribution >= 4 is 44.1 Å². The normalized spacial score (nSPS) is 10.7. The van der Waals surface area contributed by atoms with Gasteiger partial charge in [0.05, 0.1) is 23.4 Å². The number of nitrogens with one attached hydrogen (secondary N) is 1. The molecule has 0 aliphatic rings. The third-order valence-corrected chi connectivity index (χ3v) is 4.47. The van der Waals surface area contributed by atoms with Crippen molar-refractivity contribution in [3.63, 3.8) is 0 Å². The molecule has 0 fully saturated rings. The Balaban J connectivity index is 1.69. The molecular weight excluding hydrogens is 332 g/mol. The topological polar surface area (TPSA) is 51.2 Å². The van der Waals surface area contributed by atoms with Crippen LogP contribution in [0.3, 0.4) is 0 Å². The third-order valence-electron chi connectivity index (χ3n) is 3.24. The summed E-state index contributed by atoms with van der Waals surface area (Å²) in [5.41, 5.74) is 1.52.